The van der Waals surface area contributed by atoms with E-state index in [0.29, 0.717) is 6.61 Å². The van der Waals surface area contributed by atoms with Crippen LogP contribution in [-0.2, 0) is 9.53 Å². The van der Waals surface area contributed by atoms with E-state index in [1.165, 1.54) is 6.20 Å². The van der Waals surface area contributed by atoms with Crippen molar-refractivity contribution in [3.05, 3.63) is 11.8 Å². The molecule has 0 aromatic heterocycles. The largest absolute Gasteiger partial charge is 0.466 e. The smallest absolute Gasteiger partial charge is 0.310 e. The SMILES string of the molecule is CCOC(=O)CC(=CN)C1=NCCC1. The molecule has 78 valence electrons. The molecule has 0 aromatic carbocycles. The highest BCUT2D eigenvalue weighted by molar-refractivity contribution is 6.03. The van der Waals surface area contributed by atoms with Gasteiger partial charge in [-0.05, 0) is 31.5 Å². The fraction of sp³-hybridized carbons (Fsp3) is 0.600. The van der Waals surface area contributed by atoms with Gasteiger partial charge in [0.2, 0.25) is 0 Å². The van der Waals surface area contributed by atoms with E-state index in [1.807, 2.05) is 0 Å². The number of aliphatic imine (C=N–C) groups is 1. The Morgan fingerprint density at radius 2 is 2.50 bits per heavy atom. The number of rotatable bonds is 4. The topological polar surface area (TPSA) is 64.7 Å². The van der Waals surface area contributed by atoms with Crippen molar-refractivity contribution in [2.24, 2.45) is 10.7 Å². The van der Waals surface area contributed by atoms with Crippen molar-refractivity contribution in [2.75, 3.05) is 13.2 Å². The third-order valence-corrected chi connectivity index (χ3v) is 2.09. The molecule has 14 heavy (non-hydrogen) atoms. The van der Waals surface area contributed by atoms with Gasteiger partial charge in [0.1, 0.15) is 0 Å². The summed E-state index contributed by atoms with van der Waals surface area (Å²) >= 11 is 0. The molecule has 0 aromatic rings. The van der Waals surface area contributed by atoms with E-state index >= 15 is 0 Å². The van der Waals surface area contributed by atoms with Crippen LogP contribution in [0.4, 0.5) is 0 Å². The van der Waals surface area contributed by atoms with E-state index in [0.717, 1.165) is 30.7 Å². The highest BCUT2D eigenvalue weighted by Gasteiger charge is 2.15. The number of esters is 1. The average molecular weight is 196 g/mol. The van der Waals surface area contributed by atoms with Crippen molar-refractivity contribution in [1.29, 1.82) is 0 Å². The van der Waals surface area contributed by atoms with Gasteiger partial charge in [0.25, 0.3) is 0 Å². The quantitative estimate of drug-likeness (QED) is 0.683. The minimum absolute atomic E-state index is 0.237. The van der Waals surface area contributed by atoms with Crippen LogP contribution in [-0.4, -0.2) is 24.8 Å². The second kappa shape index (κ2) is 5.42. The molecule has 0 radical (unpaired) electrons. The molecule has 0 amide bonds. The summed E-state index contributed by atoms with van der Waals surface area (Å²) < 4.78 is 4.84. The predicted octanol–water partition coefficient (Wildman–Crippen LogP) is 1.02. The zero-order chi connectivity index (χ0) is 10.4. The Hall–Kier alpha value is -1.32. The van der Waals surface area contributed by atoms with Crippen LogP contribution in [0.5, 0.6) is 0 Å². The Bertz CT molecular complexity index is 269. The molecule has 1 aliphatic rings. The number of nitrogens with two attached hydrogens (primary N) is 1. The van der Waals surface area contributed by atoms with Crippen molar-refractivity contribution in [3.63, 3.8) is 0 Å². The molecule has 0 bridgehead atoms. The van der Waals surface area contributed by atoms with E-state index in [-0.39, 0.29) is 12.4 Å². The lowest BCUT2D eigenvalue weighted by atomic mass is 10.1. The van der Waals surface area contributed by atoms with Crippen molar-refractivity contribution in [1.82, 2.24) is 0 Å². The monoisotopic (exact) mass is 196 g/mol. The Labute approximate surface area is 83.8 Å². The number of carbonyl (C=O) groups excluding carboxylic acids is 1. The molecule has 0 unspecified atom stereocenters. The first-order valence-corrected chi connectivity index (χ1v) is 4.88. The fourth-order valence-electron chi connectivity index (χ4n) is 1.43. The van der Waals surface area contributed by atoms with Crippen LogP contribution < -0.4 is 5.73 Å². The van der Waals surface area contributed by atoms with Crippen LogP contribution >= 0.6 is 0 Å². The standard InChI is InChI=1S/C10H16N2O2/c1-2-14-10(13)6-8(7-11)9-4-3-5-12-9/h7H,2-6,11H2,1H3. The van der Waals surface area contributed by atoms with Crippen molar-refractivity contribution >= 4 is 11.7 Å². The van der Waals surface area contributed by atoms with Crippen LogP contribution in [0.15, 0.2) is 16.8 Å². The maximum atomic E-state index is 11.2. The first-order chi connectivity index (χ1) is 6.77. The van der Waals surface area contributed by atoms with Gasteiger partial charge in [-0.25, -0.2) is 0 Å². The Morgan fingerprint density at radius 3 is 3.00 bits per heavy atom. The molecule has 0 spiro atoms. The summed E-state index contributed by atoms with van der Waals surface area (Å²) in [6.07, 6.45) is 3.67. The number of hydrogen-bond acceptors (Lipinski definition) is 4. The van der Waals surface area contributed by atoms with Crippen LogP contribution in [0.25, 0.3) is 0 Å². The highest BCUT2D eigenvalue weighted by Crippen LogP contribution is 2.14. The molecule has 1 rings (SSSR count). The van der Waals surface area contributed by atoms with Crippen molar-refractivity contribution < 1.29 is 9.53 Å². The van der Waals surface area contributed by atoms with E-state index in [2.05, 4.69) is 4.99 Å². The molecule has 0 aliphatic carbocycles. The fourth-order valence-corrected chi connectivity index (χ4v) is 1.43. The molecule has 4 nitrogen and oxygen atoms in total. The normalized spacial score (nSPS) is 16.6. The van der Waals surface area contributed by atoms with Crippen LogP contribution in [0.3, 0.4) is 0 Å². The second-order valence-electron chi connectivity index (χ2n) is 3.11. The van der Waals surface area contributed by atoms with Gasteiger partial charge >= 0.3 is 5.97 Å². The van der Waals surface area contributed by atoms with E-state index in [1.54, 1.807) is 6.92 Å². The summed E-state index contributed by atoms with van der Waals surface area (Å²) in [5.41, 5.74) is 7.21. The van der Waals surface area contributed by atoms with Gasteiger partial charge in [0.15, 0.2) is 0 Å². The van der Waals surface area contributed by atoms with E-state index < -0.39 is 0 Å². The molecule has 0 fully saturated rings. The highest BCUT2D eigenvalue weighted by atomic mass is 16.5. The summed E-state index contributed by atoms with van der Waals surface area (Å²) in [6.45, 7) is 3.04. The lowest BCUT2D eigenvalue weighted by Crippen LogP contribution is -2.11. The molecule has 1 heterocycles. The zero-order valence-corrected chi connectivity index (χ0v) is 8.45. The molecule has 4 heteroatoms. The van der Waals surface area contributed by atoms with Gasteiger partial charge in [-0.2, -0.15) is 0 Å². The lowest BCUT2D eigenvalue weighted by Gasteiger charge is -2.05. The first kappa shape index (κ1) is 10.8. The third kappa shape index (κ3) is 2.87. The van der Waals surface area contributed by atoms with Gasteiger partial charge in [0, 0.05) is 12.3 Å². The molecule has 0 atom stereocenters. The van der Waals surface area contributed by atoms with E-state index in [4.69, 9.17) is 10.5 Å². The summed E-state index contributed by atoms with van der Waals surface area (Å²) in [4.78, 5) is 15.5. The Morgan fingerprint density at radius 1 is 1.71 bits per heavy atom. The van der Waals surface area contributed by atoms with Gasteiger partial charge in [-0.15, -0.1) is 0 Å². The molecule has 0 saturated heterocycles. The van der Waals surface area contributed by atoms with Crippen molar-refractivity contribution in [2.45, 2.75) is 26.2 Å². The summed E-state index contributed by atoms with van der Waals surface area (Å²) in [7, 11) is 0. The lowest BCUT2D eigenvalue weighted by molar-refractivity contribution is -0.142. The van der Waals surface area contributed by atoms with Gasteiger partial charge in [-0.1, -0.05) is 0 Å². The van der Waals surface area contributed by atoms with E-state index in [9.17, 15) is 4.79 Å². The number of hydrogen-bond donors (Lipinski definition) is 1. The molecular formula is C10H16N2O2. The second-order valence-corrected chi connectivity index (χ2v) is 3.11. The maximum Gasteiger partial charge on any atom is 0.310 e. The van der Waals surface area contributed by atoms with Gasteiger partial charge < -0.3 is 10.5 Å². The number of carbonyl (C=O) groups is 1. The zero-order valence-electron chi connectivity index (χ0n) is 8.45. The summed E-state index contributed by atoms with van der Waals surface area (Å²) in [5.74, 6) is -0.237. The third-order valence-electron chi connectivity index (χ3n) is 2.09. The Kier molecular flexibility index (Phi) is 4.16. The van der Waals surface area contributed by atoms with Crippen LogP contribution in [0.1, 0.15) is 26.2 Å². The predicted molar refractivity (Wildman–Crippen MR) is 55.1 cm³/mol. The molecule has 2 N–H and O–H groups in total. The van der Waals surface area contributed by atoms with Crippen LogP contribution in [0, 0.1) is 0 Å². The number of nitrogens with zero attached hydrogens (tertiary/aromatic N) is 1. The summed E-state index contributed by atoms with van der Waals surface area (Å²) in [6, 6.07) is 0. The molecule has 0 saturated carbocycles. The molecule has 1 aliphatic heterocycles. The maximum absolute atomic E-state index is 11.2. The average Bonchev–Trinajstić information content (AvgIpc) is 2.67. The number of ether oxygens (including phenoxy) is 1. The minimum Gasteiger partial charge on any atom is -0.466 e. The van der Waals surface area contributed by atoms with Gasteiger partial charge in [-0.3, -0.25) is 9.79 Å². The van der Waals surface area contributed by atoms with Crippen LogP contribution in [0.2, 0.25) is 0 Å². The first-order valence-electron chi connectivity index (χ1n) is 4.88. The summed E-state index contributed by atoms with van der Waals surface area (Å²) in [5, 5.41) is 0. The van der Waals surface area contributed by atoms with Gasteiger partial charge in [0.05, 0.1) is 13.0 Å². The van der Waals surface area contributed by atoms with Crippen molar-refractivity contribution in [3.8, 4) is 0 Å². The minimum atomic E-state index is -0.237. The molecular weight excluding hydrogens is 180 g/mol. The Balaban J connectivity index is 2.51.